The van der Waals surface area contributed by atoms with Gasteiger partial charge in [0, 0.05) is 18.9 Å². The molecule has 1 aromatic rings. The molecule has 0 radical (unpaired) electrons. The monoisotopic (exact) mass is 410 g/mol. The van der Waals surface area contributed by atoms with Crippen molar-refractivity contribution in [1.29, 1.82) is 0 Å². The Hall–Kier alpha value is -1.44. The van der Waals surface area contributed by atoms with Crippen LogP contribution in [0.1, 0.15) is 39.2 Å². The van der Waals surface area contributed by atoms with Crippen LogP contribution in [0.25, 0.3) is 0 Å². The molecule has 0 fully saturated rings. The van der Waals surface area contributed by atoms with E-state index >= 15 is 0 Å². The number of aliphatic hydroxyl groups excluding tert-OH is 2. The van der Waals surface area contributed by atoms with Crippen LogP contribution in [-0.4, -0.2) is 56.6 Å². The van der Waals surface area contributed by atoms with Gasteiger partial charge in [-0.3, -0.25) is 0 Å². The molecule has 29 heavy (non-hydrogen) atoms. The van der Waals surface area contributed by atoms with Crippen LogP contribution in [0, 0.1) is 11.8 Å². The summed E-state index contributed by atoms with van der Waals surface area (Å²) in [4.78, 5) is 0. The number of hydrogen-bond acceptors (Lipinski definition) is 6. The van der Waals surface area contributed by atoms with E-state index in [0.717, 1.165) is 24.2 Å². The largest absolute Gasteiger partial charge is 0.497 e. The number of hydrogen-bond donors (Lipinski definition) is 2. The van der Waals surface area contributed by atoms with Crippen LogP contribution in [0.3, 0.4) is 0 Å². The van der Waals surface area contributed by atoms with Crippen molar-refractivity contribution >= 4 is 0 Å². The molecule has 166 valence electrons. The number of benzene rings is 1. The standard InChI is InChI=1S/C23H38O6/c1-6-18(14-28-15-19-8-10-21(27-5)11-9-19)12-20(7-2)23(29-16-26-4)17(3)22(25)13-24/h8-12,17,20,22-25H,6-7,13-16H2,1-5H3/b18-12+/t17-,20-,22?,23-/m0/s1. The summed E-state index contributed by atoms with van der Waals surface area (Å²) in [6.45, 7) is 7.00. The molecule has 0 aromatic heterocycles. The lowest BCUT2D eigenvalue weighted by Gasteiger charge is -2.32. The van der Waals surface area contributed by atoms with Crippen molar-refractivity contribution in [1.82, 2.24) is 0 Å². The first-order valence-electron chi connectivity index (χ1n) is 10.3. The molecule has 0 aliphatic carbocycles. The Morgan fingerprint density at radius 1 is 1.14 bits per heavy atom. The van der Waals surface area contributed by atoms with E-state index in [1.807, 2.05) is 31.2 Å². The maximum Gasteiger partial charge on any atom is 0.146 e. The van der Waals surface area contributed by atoms with Gasteiger partial charge in [0.05, 0.1) is 39.1 Å². The maximum atomic E-state index is 10.1. The molecule has 4 atom stereocenters. The van der Waals surface area contributed by atoms with E-state index in [0.29, 0.717) is 13.2 Å². The van der Waals surface area contributed by atoms with E-state index in [4.69, 9.17) is 18.9 Å². The van der Waals surface area contributed by atoms with Gasteiger partial charge in [-0.2, -0.15) is 0 Å². The fourth-order valence-electron chi connectivity index (χ4n) is 3.23. The van der Waals surface area contributed by atoms with Crippen LogP contribution >= 0.6 is 0 Å². The molecule has 0 heterocycles. The fraction of sp³-hybridized carbons (Fsp3) is 0.652. The number of aliphatic hydroxyl groups is 2. The first-order chi connectivity index (χ1) is 14.0. The molecule has 1 unspecified atom stereocenters. The van der Waals surface area contributed by atoms with Gasteiger partial charge in [0.15, 0.2) is 0 Å². The predicted octanol–water partition coefficient (Wildman–Crippen LogP) is 3.55. The first-order valence-corrected chi connectivity index (χ1v) is 10.3. The number of ether oxygens (including phenoxy) is 4. The molecule has 2 N–H and O–H groups in total. The average molecular weight is 411 g/mol. The summed E-state index contributed by atoms with van der Waals surface area (Å²) in [7, 11) is 3.23. The Balaban J connectivity index is 2.78. The highest BCUT2D eigenvalue weighted by atomic mass is 16.7. The maximum absolute atomic E-state index is 10.1. The Morgan fingerprint density at radius 3 is 2.34 bits per heavy atom. The van der Waals surface area contributed by atoms with Crippen LogP contribution < -0.4 is 4.74 Å². The zero-order valence-corrected chi connectivity index (χ0v) is 18.5. The van der Waals surface area contributed by atoms with E-state index in [1.54, 1.807) is 14.2 Å². The van der Waals surface area contributed by atoms with Gasteiger partial charge in [0.2, 0.25) is 0 Å². The minimum absolute atomic E-state index is 0.0842. The summed E-state index contributed by atoms with van der Waals surface area (Å²) in [5, 5.41) is 19.5. The smallest absolute Gasteiger partial charge is 0.146 e. The topological polar surface area (TPSA) is 77.4 Å². The summed E-state index contributed by atoms with van der Waals surface area (Å²) in [6.07, 6.45) is 2.81. The van der Waals surface area contributed by atoms with Gasteiger partial charge >= 0.3 is 0 Å². The van der Waals surface area contributed by atoms with Crippen molar-refractivity contribution in [2.75, 3.05) is 34.2 Å². The van der Waals surface area contributed by atoms with Gasteiger partial charge in [0.25, 0.3) is 0 Å². The fourth-order valence-corrected chi connectivity index (χ4v) is 3.23. The third-order valence-corrected chi connectivity index (χ3v) is 5.20. The van der Waals surface area contributed by atoms with E-state index in [-0.39, 0.29) is 31.3 Å². The van der Waals surface area contributed by atoms with Crippen molar-refractivity contribution in [2.45, 2.75) is 52.4 Å². The van der Waals surface area contributed by atoms with Crippen molar-refractivity contribution in [3.05, 3.63) is 41.5 Å². The van der Waals surface area contributed by atoms with Crippen molar-refractivity contribution < 1.29 is 29.2 Å². The van der Waals surface area contributed by atoms with Crippen molar-refractivity contribution in [3.8, 4) is 5.75 Å². The Kier molecular flexibility index (Phi) is 12.8. The Morgan fingerprint density at radius 2 is 1.83 bits per heavy atom. The van der Waals surface area contributed by atoms with E-state index in [1.165, 1.54) is 5.57 Å². The number of rotatable bonds is 15. The summed E-state index contributed by atoms with van der Waals surface area (Å²) in [5.74, 6) is 0.686. The predicted molar refractivity (Wildman–Crippen MR) is 114 cm³/mol. The third-order valence-electron chi connectivity index (χ3n) is 5.20. The minimum Gasteiger partial charge on any atom is -0.497 e. The van der Waals surface area contributed by atoms with Crippen LogP contribution in [-0.2, 0) is 20.8 Å². The molecule has 0 aliphatic heterocycles. The minimum atomic E-state index is -0.837. The van der Waals surface area contributed by atoms with Crippen molar-refractivity contribution in [2.24, 2.45) is 11.8 Å². The van der Waals surface area contributed by atoms with Crippen LogP contribution in [0.15, 0.2) is 35.9 Å². The second kappa shape index (κ2) is 14.5. The third kappa shape index (κ3) is 8.84. The molecule has 1 aromatic carbocycles. The van der Waals surface area contributed by atoms with E-state index < -0.39 is 6.10 Å². The molecular formula is C23H38O6. The molecule has 0 bridgehead atoms. The second-order valence-electron chi connectivity index (χ2n) is 7.24. The summed E-state index contributed by atoms with van der Waals surface area (Å²) in [6, 6.07) is 7.84. The van der Waals surface area contributed by atoms with E-state index in [2.05, 4.69) is 19.9 Å². The zero-order chi connectivity index (χ0) is 21.6. The second-order valence-corrected chi connectivity index (χ2v) is 7.24. The quantitative estimate of drug-likeness (QED) is 0.340. The molecule has 0 saturated heterocycles. The van der Waals surface area contributed by atoms with E-state index in [9.17, 15) is 10.2 Å². The summed E-state index contributed by atoms with van der Waals surface area (Å²) in [5.41, 5.74) is 2.27. The number of methoxy groups -OCH3 is 2. The lowest BCUT2D eigenvalue weighted by molar-refractivity contribution is -0.125. The molecule has 0 amide bonds. The molecule has 0 aliphatic rings. The first kappa shape index (κ1) is 25.6. The van der Waals surface area contributed by atoms with Gasteiger partial charge in [-0.15, -0.1) is 0 Å². The highest BCUT2D eigenvalue weighted by molar-refractivity contribution is 5.26. The summed E-state index contributed by atoms with van der Waals surface area (Å²) < 4.78 is 22.0. The van der Waals surface area contributed by atoms with Crippen LogP contribution in [0.4, 0.5) is 0 Å². The van der Waals surface area contributed by atoms with Gasteiger partial charge in [-0.25, -0.2) is 0 Å². The van der Waals surface area contributed by atoms with Gasteiger partial charge < -0.3 is 29.2 Å². The molecule has 0 saturated carbocycles. The lowest BCUT2D eigenvalue weighted by atomic mass is 9.85. The zero-order valence-electron chi connectivity index (χ0n) is 18.5. The van der Waals surface area contributed by atoms with Crippen LogP contribution in [0.2, 0.25) is 0 Å². The van der Waals surface area contributed by atoms with Gasteiger partial charge in [0.1, 0.15) is 12.5 Å². The summed E-state index contributed by atoms with van der Waals surface area (Å²) >= 11 is 0. The van der Waals surface area contributed by atoms with Crippen LogP contribution in [0.5, 0.6) is 5.75 Å². The normalized spacial score (nSPS) is 16.3. The highest BCUT2D eigenvalue weighted by Gasteiger charge is 2.30. The molecule has 6 heteroatoms. The van der Waals surface area contributed by atoms with Crippen molar-refractivity contribution in [3.63, 3.8) is 0 Å². The molecular weight excluding hydrogens is 372 g/mol. The van der Waals surface area contributed by atoms with Gasteiger partial charge in [-0.05, 0) is 36.1 Å². The highest BCUT2D eigenvalue weighted by Crippen LogP contribution is 2.26. The molecule has 0 spiro atoms. The lowest BCUT2D eigenvalue weighted by Crippen LogP contribution is -2.38. The Labute approximate surface area is 175 Å². The molecule has 1 rings (SSSR count). The van der Waals surface area contributed by atoms with Gasteiger partial charge in [-0.1, -0.05) is 39.0 Å². The Bertz CT molecular complexity index is 571. The molecule has 6 nitrogen and oxygen atoms in total. The average Bonchev–Trinajstić information content (AvgIpc) is 2.76. The SMILES string of the molecule is CC/C(=C\[C@H](CC)[C@@H](OCOC)[C@@H](C)C(O)CO)COCc1ccc(OC)cc1.